The zero-order chi connectivity index (χ0) is 6.41. The summed E-state index contributed by atoms with van der Waals surface area (Å²) in [6, 6.07) is 0. The van der Waals surface area contributed by atoms with Crippen molar-refractivity contribution in [2.24, 2.45) is 0 Å². The van der Waals surface area contributed by atoms with Crippen molar-refractivity contribution in [3.8, 4) is 0 Å². The quantitative estimate of drug-likeness (QED) is 0.587. The molecule has 0 aromatic carbocycles. The Balaban J connectivity index is 2.92. The molecule has 0 atom stereocenters. The third-order valence-corrected chi connectivity index (χ3v) is 0.940. The minimum absolute atomic E-state index is 0.265. The normalized spacial score (nSPS) is 9.38. The van der Waals surface area contributed by atoms with E-state index in [1.165, 1.54) is 0 Å². The van der Waals surface area contributed by atoms with E-state index in [-0.39, 0.29) is 11.0 Å². The second kappa shape index (κ2) is 6.03. The fourth-order valence-electron chi connectivity index (χ4n) is 0.156. The van der Waals surface area contributed by atoms with Crippen molar-refractivity contribution in [1.29, 1.82) is 0 Å². The van der Waals surface area contributed by atoms with Crippen LogP contribution in [0.1, 0.15) is 0 Å². The van der Waals surface area contributed by atoms with E-state index >= 15 is 0 Å². The van der Waals surface area contributed by atoms with Gasteiger partial charge in [-0.1, -0.05) is 31.9 Å². The van der Waals surface area contributed by atoms with Crippen LogP contribution in [0, 0.1) is 0 Å². The first-order chi connectivity index (χ1) is 3.81. The van der Waals surface area contributed by atoms with Crippen LogP contribution < -0.4 is 0 Å². The van der Waals surface area contributed by atoms with Crippen molar-refractivity contribution in [3.05, 3.63) is 0 Å². The molecule has 0 amide bonds. The molecule has 0 rings (SSSR count). The van der Waals surface area contributed by atoms with Crippen LogP contribution >= 0.6 is 31.9 Å². The lowest BCUT2D eigenvalue weighted by molar-refractivity contribution is 0.182. The molecule has 48 valence electrons. The van der Waals surface area contributed by atoms with Gasteiger partial charge in [-0.2, -0.15) is 0 Å². The molecule has 0 aromatic heterocycles. The molecule has 0 saturated carbocycles. The van der Waals surface area contributed by atoms with Gasteiger partial charge in [-0.25, -0.2) is 0 Å². The van der Waals surface area contributed by atoms with E-state index < -0.39 is 7.32 Å². The van der Waals surface area contributed by atoms with Crippen molar-refractivity contribution < 1.29 is 14.3 Å². The Kier molecular flexibility index (Phi) is 6.71. The Morgan fingerprint density at radius 2 is 1.62 bits per heavy atom. The van der Waals surface area contributed by atoms with Gasteiger partial charge in [0.1, 0.15) is 0 Å². The molecule has 0 aromatic rings. The van der Waals surface area contributed by atoms with Gasteiger partial charge in [-0.15, -0.1) is 0 Å². The lowest BCUT2D eigenvalue weighted by atomic mass is 10.3. The van der Waals surface area contributed by atoms with Crippen LogP contribution in [0.2, 0.25) is 0 Å². The molecule has 0 aliphatic carbocycles. The van der Waals surface area contributed by atoms with Crippen molar-refractivity contribution in [2.75, 3.05) is 11.0 Å². The Bertz CT molecular complexity index is 48.5. The molecular formula is C2H5BBr2O3. The fourth-order valence-corrected chi connectivity index (χ4v) is 0.608. The van der Waals surface area contributed by atoms with E-state index in [2.05, 4.69) is 41.2 Å². The van der Waals surface area contributed by atoms with Gasteiger partial charge in [-0.3, -0.25) is 0 Å². The van der Waals surface area contributed by atoms with E-state index in [0.717, 1.165) is 0 Å². The molecule has 0 bridgehead atoms. The van der Waals surface area contributed by atoms with Crippen molar-refractivity contribution in [3.63, 3.8) is 0 Å². The van der Waals surface area contributed by atoms with Gasteiger partial charge < -0.3 is 14.3 Å². The molecule has 0 radical (unpaired) electrons. The highest BCUT2D eigenvalue weighted by Gasteiger charge is 2.12. The highest BCUT2D eigenvalue weighted by atomic mass is 79.9. The number of hydrogen-bond donors (Lipinski definition) is 1. The maximum absolute atomic E-state index is 8.54. The van der Waals surface area contributed by atoms with Gasteiger partial charge in [0.2, 0.25) is 0 Å². The van der Waals surface area contributed by atoms with Crippen LogP contribution in [0.15, 0.2) is 0 Å². The standard InChI is InChI=1S/C2H5BBr2O3/c4-1-7-3(6)8-2-5/h6H,1-2H2. The molecule has 8 heavy (non-hydrogen) atoms. The van der Waals surface area contributed by atoms with Gasteiger partial charge in [0.05, 0.1) is 11.0 Å². The SMILES string of the molecule is OB(OCBr)OCBr. The van der Waals surface area contributed by atoms with Gasteiger partial charge >= 0.3 is 7.32 Å². The maximum Gasteiger partial charge on any atom is 0.637 e. The highest BCUT2D eigenvalue weighted by molar-refractivity contribution is 9.09. The Morgan fingerprint density at radius 1 is 1.25 bits per heavy atom. The predicted molar refractivity (Wildman–Crippen MR) is 37.7 cm³/mol. The van der Waals surface area contributed by atoms with Crippen LogP contribution in [0.4, 0.5) is 0 Å². The first kappa shape index (κ1) is 8.90. The average Bonchev–Trinajstić information content (AvgIpc) is 1.68. The summed E-state index contributed by atoms with van der Waals surface area (Å²) in [5, 5.41) is 8.54. The summed E-state index contributed by atoms with van der Waals surface area (Å²) < 4.78 is 9.00. The van der Waals surface area contributed by atoms with E-state index in [9.17, 15) is 0 Å². The molecule has 0 unspecified atom stereocenters. The van der Waals surface area contributed by atoms with Gasteiger partial charge in [0, 0.05) is 0 Å². The summed E-state index contributed by atoms with van der Waals surface area (Å²) in [4.78, 5) is 0. The van der Waals surface area contributed by atoms with Crippen LogP contribution in [0.25, 0.3) is 0 Å². The van der Waals surface area contributed by atoms with Gasteiger partial charge in [0.25, 0.3) is 0 Å². The summed E-state index contributed by atoms with van der Waals surface area (Å²) in [6.07, 6.45) is 0. The second-order valence-corrected chi connectivity index (χ2v) is 1.77. The summed E-state index contributed by atoms with van der Waals surface area (Å²) in [5.74, 6) is 0. The first-order valence-electron chi connectivity index (χ1n) is 1.84. The predicted octanol–water partition coefficient (Wildman–Crippen LogP) is 0.702. The van der Waals surface area contributed by atoms with Crippen molar-refractivity contribution in [2.45, 2.75) is 0 Å². The van der Waals surface area contributed by atoms with Crippen LogP contribution in [-0.4, -0.2) is 23.4 Å². The third-order valence-electron chi connectivity index (χ3n) is 0.411. The molecule has 0 saturated heterocycles. The molecule has 6 heteroatoms. The van der Waals surface area contributed by atoms with E-state index in [1.54, 1.807) is 0 Å². The molecule has 0 fully saturated rings. The van der Waals surface area contributed by atoms with Crippen LogP contribution in [0.3, 0.4) is 0 Å². The maximum atomic E-state index is 8.54. The Hall–Kier alpha value is 0.905. The minimum atomic E-state index is -1.13. The summed E-state index contributed by atoms with van der Waals surface area (Å²) in [6.45, 7) is 0. The molecule has 0 aliphatic heterocycles. The van der Waals surface area contributed by atoms with E-state index in [4.69, 9.17) is 5.02 Å². The molecule has 1 N–H and O–H groups in total. The first-order valence-corrected chi connectivity index (χ1v) is 4.08. The number of hydrogen-bond acceptors (Lipinski definition) is 3. The number of rotatable bonds is 4. The smallest absolute Gasteiger partial charge is 0.402 e. The molecular weight excluding hydrogens is 243 g/mol. The highest BCUT2D eigenvalue weighted by Crippen LogP contribution is 1.90. The van der Waals surface area contributed by atoms with Gasteiger partial charge in [0.15, 0.2) is 0 Å². The van der Waals surface area contributed by atoms with Crippen LogP contribution in [-0.2, 0) is 9.31 Å². The fraction of sp³-hybridized carbons (Fsp3) is 1.00. The molecule has 0 aliphatic rings. The van der Waals surface area contributed by atoms with Crippen LogP contribution in [0.5, 0.6) is 0 Å². The molecule has 0 spiro atoms. The van der Waals surface area contributed by atoms with Gasteiger partial charge in [-0.05, 0) is 0 Å². The molecule has 0 heterocycles. The zero-order valence-electron chi connectivity index (χ0n) is 4.01. The van der Waals surface area contributed by atoms with Crippen molar-refractivity contribution in [1.82, 2.24) is 0 Å². The summed E-state index contributed by atoms with van der Waals surface area (Å²) >= 11 is 5.88. The largest absolute Gasteiger partial charge is 0.637 e. The Labute approximate surface area is 64.8 Å². The zero-order valence-corrected chi connectivity index (χ0v) is 7.18. The number of alkyl halides is 2. The van der Waals surface area contributed by atoms with E-state index in [0.29, 0.717) is 0 Å². The lowest BCUT2D eigenvalue weighted by Crippen LogP contribution is -2.20. The lowest BCUT2D eigenvalue weighted by Gasteiger charge is -2.00. The Morgan fingerprint density at radius 3 is 1.88 bits per heavy atom. The second-order valence-electron chi connectivity index (χ2n) is 0.859. The third kappa shape index (κ3) is 5.05. The monoisotopic (exact) mass is 246 g/mol. The summed E-state index contributed by atoms with van der Waals surface area (Å²) in [7, 11) is -1.13. The minimum Gasteiger partial charge on any atom is -0.402 e. The average molecular weight is 248 g/mol. The number of halogens is 2. The molecule has 3 nitrogen and oxygen atoms in total. The van der Waals surface area contributed by atoms with E-state index in [1.807, 2.05) is 0 Å². The topological polar surface area (TPSA) is 38.7 Å². The van der Waals surface area contributed by atoms with Crippen molar-refractivity contribution >= 4 is 39.2 Å². The summed E-state index contributed by atoms with van der Waals surface area (Å²) in [5.41, 5.74) is 0.530.